The van der Waals surface area contributed by atoms with Crippen LogP contribution in [-0.2, 0) is 16.1 Å². The van der Waals surface area contributed by atoms with Crippen LogP contribution >= 0.6 is 0 Å². The Morgan fingerprint density at radius 2 is 1.88 bits per heavy atom. The van der Waals surface area contributed by atoms with Crippen LogP contribution < -0.4 is 4.90 Å². The van der Waals surface area contributed by atoms with Gasteiger partial charge < -0.3 is 4.90 Å². The van der Waals surface area contributed by atoms with Gasteiger partial charge in [0.25, 0.3) is 11.8 Å². The van der Waals surface area contributed by atoms with Crippen molar-refractivity contribution in [3.8, 4) is 6.07 Å². The van der Waals surface area contributed by atoms with Crippen molar-refractivity contribution in [2.75, 3.05) is 4.90 Å². The summed E-state index contributed by atoms with van der Waals surface area (Å²) in [7, 11) is 0. The summed E-state index contributed by atoms with van der Waals surface area (Å²) in [6.07, 6.45) is 3.16. The van der Waals surface area contributed by atoms with Gasteiger partial charge in [-0.2, -0.15) is 5.26 Å². The van der Waals surface area contributed by atoms with E-state index in [2.05, 4.69) is 4.98 Å². The van der Waals surface area contributed by atoms with E-state index in [-0.39, 0.29) is 18.9 Å². The van der Waals surface area contributed by atoms with Gasteiger partial charge in [0.05, 0.1) is 23.7 Å². The predicted octanol–water partition coefficient (Wildman–Crippen LogP) is 3.24. The molecule has 1 fully saturated rings. The summed E-state index contributed by atoms with van der Waals surface area (Å²) in [5.41, 5.74) is 2.83. The molecule has 0 aliphatic carbocycles. The Morgan fingerprint density at radius 1 is 1.12 bits per heavy atom. The van der Waals surface area contributed by atoms with Crippen LogP contribution in [0.4, 0.5) is 5.69 Å². The SMILES string of the molecule is Cc1ccccc1C(=O)N(Cc1cccnc1)C1CC(=O)N(c2ccc(C#N)cc2)C1=O. The first-order valence-corrected chi connectivity index (χ1v) is 10.1. The van der Waals surface area contributed by atoms with Crippen LogP contribution in [0.25, 0.3) is 0 Å². The van der Waals surface area contributed by atoms with Crippen molar-refractivity contribution in [1.82, 2.24) is 9.88 Å². The van der Waals surface area contributed by atoms with Crippen molar-refractivity contribution in [2.24, 2.45) is 0 Å². The van der Waals surface area contributed by atoms with Gasteiger partial charge in [-0.15, -0.1) is 0 Å². The van der Waals surface area contributed by atoms with E-state index >= 15 is 0 Å². The number of rotatable bonds is 5. The Kier molecular flexibility index (Phi) is 5.77. The van der Waals surface area contributed by atoms with E-state index in [0.717, 1.165) is 16.0 Å². The quantitative estimate of drug-likeness (QED) is 0.586. The molecule has 3 aromatic rings. The average molecular weight is 424 g/mol. The zero-order valence-electron chi connectivity index (χ0n) is 17.4. The number of nitrogens with zero attached hydrogens (tertiary/aromatic N) is 4. The molecule has 2 heterocycles. The van der Waals surface area contributed by atoms with E-state index in [9.17, 15) is 14.4 Å². The van der Waals surface area contributed by atoms with Gasteiger partial charge in [0.15, 0.2) is 0 Å². The molecule has 1 unspecified atom stereocenters. The van der Waals surface area contributed by atoms with E-state index in [1.807, 2.05) is 31.2 Å². The van der Waals surface area contributed by atoms with Gasteiger partial charge in [0, 0.05) is 24.5 Å². The van der Waals surface area contributed by atoms with Gasteiger partial charge >= 0.3 is 0 Å². The topological polar surface area (TPSA) is 94.4 Å². The van der Waals surface area contributed by atoms with E-state index in [1.54, 1.807) is 54.9 Å². The Hall–Kier alpha value is -4.31. The number of pyridine rings is 1. The monoisotopic (exact) mass is 424 g/mol. The minimum Gasteiger partial charge on any atom is -0.322 e. The molecule has 0 N–H and O–H groups in total. The number of anilines is 1. The zero-order chi connectivity index (χ0) is 22.7. The summed E-state index contributed by atoms with van der Waals surface area (Å²) in [4.78, 5) is 46.3. The smallest absolute Gasteiger partial charge is 0.257 e. The number of benzene rings is 2. The van der Waals surface area contributed by atoms with Gasteiger partial charge in [0.2, 0.25) is 5.91 Å². The molecule has 4 rings (SSSR count). The largest absolute Gasteiger partial charge is 0.322 e. The second-order valence-electron chi connectivity index (χ2n) is 7.56. The van der Waals surface area contributed by atoms with Crippen LogP contribution in [0.15, 0.2) is 73.1 Å². The molecule has 1 atom stereocenters. The third-order valence-electron chi connectivity index (χ3n) is 5.47. The molecule has 158 valence electrons. The molecule has 2 aromatic carbocycles. The lowest BCUT2D eigenvalue weighted by Crippen LogP contribution is -2.45. The maximum absolute atomic E-state index is 13.5. The maximum atomic E-state index is 13.5. The fraction of sp³-hybridized carbons (Fsp3) is 0.160. The maximum Gasteiger partial charge on any atom is 0.257 e. The highest BCUT2D eigenvalue weighted by Gasteiger charge is 2.44. The number of aryl methyl sites for hydroxylation is 1. The molecule has 1 aliphatic heterocycles. The van der Waals surface area contributed by atoms with Crippen LogP contribution in [0.2, 0.25) is 0 Å². The number of carbonyl (C=O) groups is 3. The van der Waals surface area contributed by atoms with Crippen LogP contribution in [0.1, 0.15) is 33.5 Å². The molecule has 0 bridgehead atoms. The molecule has 32 heavy (non-hydrogen) atoms. The first-order chi connectivity index (χ1) is 15.5. The van der Waals surface area contributed by atoms with Crippen LogP contribution in [0.5, 0.6) is 0 Å². The van der Waals surface area contributed by atoms with Gasteiger partial charge in [0.1, 0.15) is 6.04 Å². The van der Waals surface area contributed by atoms with Crippen molar-refractivity contribution < 1.29 is 14.4 Å². The third kappa shape index (κ3) is 3.98. The molecule has 7 heteroatoms. The molecule has 1 aliphatic rings. The molecule has 1 saturated heterocycles. The molecule has 7 nitrogen and oxygen atoms in total. The highest BCUT2D eigenvalue weighted by atomic mass is 16.2. The summed E-state index contributed by atoms with van der Waals surface area (Å²) in [5, 5.41) is 9.00. The van der Waals surface area contributed by atoms with Crippen molar-refractivity contribution in [2.45, 2.75) is 25.9 Å². The standard InChI is InChI=1S/C25H20N4O3/c1-17-5-2-3-7-21(17)24(31)28(16-19-6-4-12-27-15-19)22-13-23(30)29(25(22)32)20-10-8-18(14-26)9-11-20/h2-12,15,22H,13,16H2,1H3. The summed E-state index contributed by atoms with van der Waals surface area (Å²) in [6.45, 7) is 1.98. The van der Waals surface area contributed by atoms with Crippen LogP contribution in [0, 0.1) is 18.3 Å². The molecule has 1 aromatic heterocycles. The summed E-state index contributed by atoms with van der Waals surface area (Å²) in [5.74, 6) is -1.18. The van der Waals surface area contributed by atoms with Crippen molar-refractivity contribution in [3.05, 3.63) is 95.3 Å². The minimum absolute atomic E-state index is 0.114. The molecular formula is C25H20N4O3. The summed E-state index contributed by atoms with van der Waals surface area (Å²) in [6, 6.07) is 18.0. The lowest BCUT2D eigenvalue weighted by atomic mass is 10.1. The summed E-state index contributed by atoms with van der Waals surface area (Å²) >= 11 is 0. The zero-order valence-corrected chi connectivity index (χ0v) is 17.4. The third-order valence-corrected chi connectivity index (χ3v) is 5.47. The Bertz CT molecular complexity index is 1220. The van der Waals surface area contributed by atoms with Gasteiger partial charge in [-0.3, -0.25) is 19.4 Å². The number of hydrogen-bond acceptors (Lipinski definition) is 5. The molecule has 0 saturated carbocycles. The van der Waals surface area contributed by atoms with Crippen molar-refractivity contribution in [1.29, 1.82) is 5.26 Å². The number of hydrogen-bond donors (Lipinski definition) is 0. The highest BCUT2D eigenvalue weighted by Crippen LogP contribution is 2.28. The number of carbonyl (C=O) groups excluding carboxylic acids is 3. The fourth-order valence-electron chi connectivity index (χ4n) is 3.80. The normalized spacial score (nSPS) is 15.5. The molecule has 3 amide bonds. The molecular weight excluding hydrogens is 404 g/mol. The average Bonchev–Trinajstić information content (AvgIpc) is 3.11. The highest BCUT2D eigenvalue weighted by molar-refractivity contribution is 6.23. The fourth-order valence-corrected chi connectivity index (χ4v) is 3.80. The number of amides is 3. The summed E-state index contributed by atoms with van der Waals surface area (Å²) < 4.78 is 0. The Balaban J connectivity index is 1.69. The van der Waals surface area contributed by atoms with E-state index in [0.29, 0.717) is 16.8 Å². The molecule has 0 spiro atoms. The second kappa shape index (κ2) is 8.82. The van der Waals surface area contributed by atoms with Gasteiger partial charge in [-0.1, -0.05) is 24.3 Å². The number of imide groups is 1. The van der Waals surface area contributed by atoms with E-state index < -0.39 is 17.9 Å². The lowest BCUT2D eigenvalue weighted by Gasteiger charge is -2.28. The molecule has 0 radical (unpaired) electrons. The number of nitriles is 1. The number of aromatic nitrogens is 1. The van der Waals surface area contributed by atoms with E-state index in [4.69, 9.17) is 5.26 Å². The lowest BCUT2D eigenvalue weighted by molar-refractivity contribution is -0.122. The van der Waals surface area contributed by atoms with Crippen LogP contribution in [-0.4, -0.2) is 33.6 Å². The van der Waals surface area contributed by atoms with Crippen LogP contribution in [0.3, 0.4) is 0 Å². The predicted molar refractivity (Wildman–Crippen MR) is 117 cm³/mol. The Labute approximate surface area is 185 Å². The Morgan fingerprint density at radius 3 is 2.53 bits per heavy atom. The second-order valence-corrected chi connectivity index (χ2v) is 7.56. The van der Waals surface area contributed by atoms with Gasteiger partial charge in [-0.05, 0) is 54.4 Å². The first-order valence-electron chi connectivity index (χ1n) is 10.1. The first kappa shape index (κ1) is 20.9. The minimum atomic E-state index is -0.939. The van der Waals surface area contributed by atoms with E-state index in [1.165, 1.54) is 4.90 Å². The van der Waals surface area contributed by atoms with Crippen molar-refractivity contribution >= 4 is 23.4 Å². The van der Waals surface area contributed by atoms with Gasteiger partial charge in [-0.25, -0.2) is 4.90 Å². The van der Waals surface area contributed by atoms with Crippen molar-refractivity contribution in [3.63, 3.8) is 0 Å².